The van der Waals surface area contributed by atoms with Gasteiger partial charge in [0.15, 0.2) is 0 Å². The van der Waals surface area contributed by atoms with E-state index in [1.807, 2.05) is 30.3 Å². The number of nitrogens with two attached hydrogens (primary N) is 1. The highest BCUT2D eigenvalue weighted by Gasteiger charge is 2.21. The Balaban J connectivity index is 2.32. The van der Waals surface area contributed by atoms with Crippen molar-refractivity contribution in [3.05, 3.63) is 35.9 Å². The summed E-state index contributed by atoms with van der Waals surface area (Å²) >= 11 is 0. The summed E-state index contributed by atoms with van der Waals surface area (Å²) in [4.78, 5) is 56.9. The highest BCUT2D eigenvalue weighted by molar-refractivity contribution is 5.90. The lowest BCUT2D eigenvalue weighted by Crippen LogP contribution is -2.48. The predicted octanol–water partition coefficient (Wildman–Crippen LogP) is -1.78. The number of carbonyl (C=O) groups excluding carboxylic acids is 3. The molecule has 2 unspecified atom stereocenters. The highest BCUT2D eigenvalue weighted by Crippen LogP contribution is 2.01. The van der Waals surface area contributed by atoms with E-state index in [1.165, 1.54) is 0 Å². The fourth-order valence-electron chi connectivity index (χ4n) is 2.27. The van der Waals surface area contributed by atoms with E-state index in [0.717, 1.165) is 5.56 Å². The van der Waals surface area contributed by atoms with Crippen molar-refractivity contribution in [2.24, 2.45) is 5.73 Å². The van der Waals surface area contributed by atoms with E-state index >= 15 is 0 Å². The molecular formula is C18H24N4O7. The van der Waals surface area contributed by atoms with E-state index in [2.05, 4.69) is 16.0 Å². The smallest absolute Gasteiger partial charge is 0.326 e. The van der Waals surface area contributed by atoms with Crippen LogP contribution in [0.2, 0.25) is 0 Å². The number of aliphatic carboxylic acids is 2. The summed E-state index contributed by atoms with van der Waals surface area (Å²) in [6.45, 7) is -0.933. The summed E-state index contributed by atoms with van der Waals surface area (Å²) in [5.41, 5.74) is 6.65. The summed E-state index contributed by atoms with van der Waals surface area (Å²) < 4.78 is 0. The van der Waals surface area contributed by atoms with Crippen LogP contribution < -0.4 is 21.7 Å². The number of nitrogens with one attached hydrogen (secondary N) is 3. The van der Waals surface area contributed by atoms with Crippen molar-refractivity contribution in [1.29, 1.82) is 0 Å². The Bertz CT molecular complexity index is 739. The van der Waals surface area contributed by atoms with Gasteiger partial charge in [-0.3, -0.25) is 19.2 Å². The van der Waals surface area contributed by atoms with Crippen LogP contribution in [0.3, 0.4) is 0 Å². The van der Waals surface area contributed by atoms with Crippen LogP contribution in [0.5, 0.6) is 0 Å². The molecule has 0 radical (unpaired) electrons. The van der Waals surface area contributed by atoms with Crippen molar-refractivity contribution < 1.29 is 34.2 Å². The van der Waals surface area contributed by atoms with Crippen LogP contribution in [0.1, 0.15) is 18.4 Å². The first-order valence-corrected chi connectivity index (χ1v) is 8.77. The normalized spacial score (nSPS) is 12.3. The molecule has 0 saturated carbocycles. The van der Waals surface area contributed by atoms with Crippen LogP contribution in [0, 0.1) is 0 Å². The minimum absolute atomic E-state index is 0.292. The number of carboxylic acids is 2. The van der Waals surface area contributed by atoms with Gasteiger partial charge in [0, 0.05) is 6.42 Å². The number of benzene rings is 1. The number of hydrogen-bond donors (Lipinski definition) is 6. The average Bonchev–Trinajstić information content (AvgIpc) is 2.67. The molecule has 7 N–H and O–H groups in total. The van der Waals surface area contributed by atoms with Crippen LogP contribution >= 0.6 is 0 Å². The summed E-state index contributed by atoms with van der Waals surface area (Å²) in [6, 6.07) is 6.87. The van der Waals surface area contributed by atoms with Crippen molar-refractivity contribution in [1.82, 2.24) is 16.0 Å². The molecule has 11 nitrogen and oxygen atoms in total. The lowest BCUT2D eigenvalue weighted by Gasteiger charge is -2.14. The van der Waals surface area contributed by atoms with Gasteiger partial charge in [-0.2, -0.15) is 0 Å². The molecule has 1 rings (SSSR count). The molecule has 29 heavy (non-hydrogen) atoms. The summed E-state index contributed by atoms with van der Waals surface area (Å²) in [7, 11) is 0. The molecular weight excluding hydrogens is 384 g/mol. The van der Waals surface area contributed by atoms with Crippen molar-refractivity contribution in [3.8, 4) is 0 Å². The Morgan fingerprint density at radius 3 is 2.14 bits per heavy atom. The van der Waals surface area contributed by atoms with Gasteiger partial charge in [-0.05, 0) is 18.4 Å². The Morgan fingerprint density at radius 2 is 1.55 bits per heavy atom. The molecule has 0 heterocycles. The van der Waals surface area contributed by atoms with Gasteiger partial charge in [0.05, 0.1) is 19.1 Å². The summed E-state index contributed by atoms with van der Waals surface area (Å²) in [5, 5.41) is 24.2. The van der Waals surface area contributed by atoms with Crippen LogP contribution in [0.4, 0.5) is 0 Å². The highest BCUT2D eigenvalue weighted by atomic mass is 16.4. The van der Waals surface area contributed by atoms with E-state index in [9.17, 15) is 24.0 Å². The van der Waals surface area contributed by atoms with Crippen molar-refractivity contribution in [2.75, 3.05) is 13.1 Å². The third-order valence-electron chi connectivity index (χ3n) is 3.78. The van der Waals surface area contributed by atoms with Crippen LogP contribution in [-0.4, -0.2) is 65.0 Å². The van der Waals surface area contributed by atoms with Gasteiger partial charge in [0.1, 0.15) is 6.04 Å². The molecule has 0 aliphatic heterocycles. The van der Waals surface area contributed by atoms with E-state index in [4.69, 9.17) is 15.9 Å². The molecule has 0 aliphatic carbocycles. The summed E-state index contributed by atoms with van der Waals surface area (Å²) in [5.74, 6) is -4.58. The minimum Gasteiger partial charge on any atom is -0.481 e. The molecule has 158 valence electrons. The van der Waals surface area contributed by atoms with E-state index in [1.54, 1.807) is 0 Å². The van der Waals surface area contributed by atoms with Gasteiger partial charge in [0.2, 0.25) is 17.7 Å². The second-order valence-electron chi connectivity index (χ2n) is 6.18. The molecule has 0 aliphatic rings. The second kappa shape index (κ2) is 12.1. The zero-order chi connectivity index (χ0) is 21.8. The van der Waals surface area contributed by atoms with Gasteiger partial charge in [-0.1, -0.05) is 30.3 Å². The Labute approximate surface area is 166 Å². The van der Waals surface area contributed by atoms with Crippen LogP contribution in [0.25, 0.3) is 0 Å². The monoisotopic (exact) mass is 408 g/mol. The van der Waals surface area contributed by atoms with E-state index < -0.39 is 61.3 Å². The largest absolute Gasteiger partial charge is 0.481 e. The van der Waals surface area contributed by atoms with E-state index in [0.29, 0.717) is 6.42 Å². The predicted molar refractivity (Wildman–Crippen MR) is 101 cm³/mol. The van der Waals surface area contributed by atoms with Gasteiger partial charge in [-0.25, -0.2) is 4.79 Å². The lowest BCUT2D eigenvalue weighted by atomic mass is 10.1. The first-order chi connectivity index (χ1) is 13.7. The first-order valence-electron chi connectivity index (χ1n) is 8.77. The van der Waals surface area contributed by atoms with E-state index in [-0.39, 0.29) is 6.42 Å². The molecule has 2 atom stereocenters. The second-order valence-corrected chi connectivity index (χ2v) is 6.18. The third-order valence-corrected chi connectivity index (χ3v) is 3.78. The number of hydrogen-bond acceptors (Lipinski definition) is 6. The molecule has 1 aromatic carbocycles. The Morgan fingerprint density at radius 1 is 0.931 bits per heavy atom. The van der Waals surface area contributed by atoms with Crippen LogP contribution in [0.15, 0.2) is 30.3 Å². The molecule has 0 aromatic heterocycles. The molecule has 0 spiro atoms. The molecule has 0 bridgehead atoms. The standard InChI is InChI=1S/C18H24N4O7/c19-12(8-11-4-2-1-3-5-11)17(27)21-9-14(23)20-10-15(24)22-13(18(28)29)6-7-16(25)26/h1-5,12-13H,6-10,19H2,(H,20,23)(H,21,27)(H,22,24)(H,25,26)(H,28,29). The quantitative estimate of drug-likeness (QED) is 0.234. The molecule has 0 fully saturated rings. The van der Waals surface area contributed by atoms with Gasteiger partial charge < -0.3 is 31.9 Å². The average molecular weight is 408 g/mol. The maximum Gasteiger partial charge on any atom is 0.326 e. The molecule has 11 heteroatoms. The Hall–Kier alpha value is -3.47. The first kappa shape index (κ1) is 23.6. The Kier molecular flexibility index (Phi) is 9.82. The maximum absolute atomic E-state index is 11.9. The van der Waals surface area contributed by atoms with Gasteiger partial charge >= 0.3 is 11.9 Å². The zero-order valence-corrected chi connectivity index (χ0v) is 15.6. The molecule has 1 aromatic rings. The number of carbonyl (C=O) groups is 5. The minimum atomic E-state index is -1.38. The van der Waals surface area contributed by atoms with Crippen LogP contribution in [-0.2, 0) is 30.4 Å². The molecule has 3 amide bonds. The fourth-order valence-corrected chi connectivity index (χ4v) is 2.27. The number of amides is 3. The maximum atomic E-state index is 11.9. The van der Waals surface area contributed by atoms with Crippen molar-refractivity contribution in [2.45, 2.75) is 31.3 Å². The summed E-state index contributed by atoms with van der Waals surface area (Å²) in [6.07, 6.45) is -0.428. The lowest BCUT2D eigenvalue weighted by molar-refractivity contribution is -0.143. The van der Waals surface area contributed by atoms with Crippen molar-refractivity contribution in [3.63, 3.8) is 0 Å². The number of rotatable bonds is 12. The van der Waals surface area contributed by atoms with Gasteiger partial charge in [-0.15, -0.1) is 0 Å². The molecule has 0 saturated heterocycles. The zero-order valence-electron chi connectivity index (χ0n) is 15.6. The SMILES string of the molecule is NC(Cc1ccccc1)C(=O)NCC(=O)NCC(=O)NC(CCC(=O)O)C(=O)O. The third kappa shape index (κ3) is 9.86. The topological polar surface area (TPSA) is 188 Å². The van der Waals surface area contributed by atoms with Crippen molar-refractivity contribution >= 4 is 29.7 Å². The fraction of sp³-hybridized carbons (Fsp3) is 0.389. The number of carboxylic acid groups (broad SMARTS) is 2. The van der Waals surface area contributed by atoms with Gasteiger partial charge in [0.25, 0.3) is 0 Å².